The minimum Gasteiger partial charge on any atom is -0.507 e. The number of ether oxygens (including phenoxy) is 3. The Balaban J connectivity index is 2.35. The van der Waals surface area contributed by atoms with Crippen molar-refractivity contribution >= 4 is 21.9 Å². The van der Waals surface area contributed by atoms with Crippen LogP contribution >= 0.6 is 0 Å². The van der Waals surface area contributed by atoms with E-state index in [1.165, 1.54) is 0 Å². The lowest BCUT2D eigenvalue weighted by Crippen LogP contribution is -2.20. The third-order valence-corrected chi connectivity index (χ3v) is 6.54. The number of phenols is 1. The summed E-state index contributed by atoms with van der Waals surface area (Å²) in [5, 5.41) is 12.0. The molecule has 0 amide bonds. The predicted octanol–water partition coefficient (Wildman–Crippen LogP) is 5.56. The number of rotatable bonds is 13. The molecule has 0 atom stereocenters. The number of hydrogen-bond acceptors (Lipinski definition) is 8. The van der Waals surface area contributed by atoms with Crippen LogP contribution in [0.15, 0.2) is 44.6 Å². The maximum Gasteiger partial charge on any atom is 0.204 e. The molecule has 0 saturated heterocycles. The fourth-order valence-electron chi connectivity index (χ4n) is 4.34. The maximum atomic E-state index is 14.2. The van der Waals surface area contributed by atoms with Crippen LogP contribution in [0.1, 0.15) is 38.8 Å². The number of methoxy groups -OCH3 is 1. The molecule has 0 unspecified atom stereocenters. The standard InChI is InChI=1S/C32H44N2O6/c1-20(2)10-12-22-24(38-16-14-33(5)6)18-26-29(30(22)35)31(36)28-23(13-11-21(3)4)32(37-9)27(19-25(28)40-26)39-17-15-34(7)8/h10-11,18-19,35H,12-17H2,1-9H3. The molecule has 0 bridgehead atoms. The van der Waals surface area contributed by atoms with Gasteiger partial charge in [-0.25, -0.2) is 0 Å². The SMILES string of the molecule is COc1c(OCCN(C)C)cc2oc3cc(OCCN(C)C)c(CC=C(C)C)c(O)c3c(=O)c2c1CC=C(C)C. The van der Waals surface area contributed by atoms with E-state index in [0.29, 0.717) is 78.5 Å². The fourth-order valence-corrected chi connectivity index (χ4v) is 4.34. The quantitative estimate of drug-likeness (QED) is 0.218. The number of benzene rings is 2. The van der Waals surface area contributed by atoms with Gasteiger partial charge in [-0.1, -0.05) is 23.3 Å². The second-order valence-electron chi connectivity index (χ2n) is 11.0. The highest BCUT2D eigenvalue weighted by atomic mass is 16.5. The van der Waals surface area contributed by atoms with E-state index >= 15 is 0 Å². The van der Waals surface area contributed by atoms with Crippen molar-refractivity contribution in [3.8, 4) is 23.0 Å². The van der Waals surface area contributed by atoms with Crippen LogP contribution in [0.2, 0.25) is 0 Å². The molecule has 3 rings (SSSR count). The number of fused-ring (bicyclic) bond motifs is 2. The zero-order valence-corrected chi connectivity index (χ0v) is 25.4. The average Bonchev–Trinajstić information content (AvgIpc) is 2.85. The Hall–Kier alpha value is -3.49. The number of hydrogen-bond donors (Lipinski definition) is 1. The Bertz CT molecular complexity index is 1460. The molecule has 1 N–H and O–H groups in total. The Labute approximate surface area is 237 Å². The van der Waals surface area contributed by atoms with Crippen LogP contribution in [0.25, 0.3) is 21.9 Å². The first-order valence-electron chi connectivity index (χ1n) is 13.6. The summed E-state index contributed by atoms with van der Waals surface area (Å²) >= 11 is 0. The highest BCUT2D eigenvalue weighted by molar-refractivity contribution is 5.98. The molecule has 218 valence electrons. The van der Waals surface area contributed by atoms with Crippen molar-refractivity contribution in [1.82, 2.24) is 9.80 Å². The summed E-state index contributed by atoms with van der Waals surface area (Å²) in [7, 11) is 9.46. The molecular weight excluding hydrogens is 508 g/mol. The van der Waals surface area contributed by atoms with E-state index in [-0.39, 0.29) is 22.1 Å². The molecule has 3 aromatic rings. The van der Waals surface area contributed by atoms with Gasteiger partial charge in [0, 0.05) is 36.3 Å². The molecule has 0 aliphatic carbocycles. The number of likely N-dealkylation sites (N-methyl/N-ethyl adjacent to an activating group) is 2. The first kappa shape index (κ1) is 31.0. The summed E-state index contributed by atoms with van der Waals surface area (Å²) in [5.41, 5.74) is 3.72. The molecule has 8 heteroatoms. The van der Waals surface area contributed by atoms with Gasteiger partial charge >= 0.3 is 0 Å². The molecule has 2 aromatic carbocycles. The van der Waals surface area contributed by atoms with Crippen molar-refractivity contribution in [3.05, 3.63) is 56.8 Å². The van der Waals surface area contributed by atoms with Gasteiger partial charge in [0.05, 0.1) is 12.5 Å². The molecule has 40 heavy (non-hydrogen) atoms. The van der Waals surface area contributed by atoms with Gasteiger partial charge in [0.1, 0.15) is 41.3 Å². The molecular formula is C32H44N2O6. The van der Waals surface area contributed by atoms with Gasteiger partial charge in [-0.05, 0) is 68.7 Å². The van der Waals surface area contributed by atoms with Gasteiger partial charge in [-0.15, -0.1) is 0 Å². The van der Waals surface area contributed by atoms with Gasteiger partial charge in [-0.3, -0.25) is 4.79 Å². The average molecular weight is 553 g/mol. The first-order valence-corrected chi connectivity index (χ1v) is 13.6. The van der Waals surface area contributed by atoms with Gasteiger partial charge in [0.15, 0.2) is 11.5 Å². The Kier molecular flexibility index (Phi) is 10.7. The highest BCUT2D eigenvalue weighted by Crippen LogP contribution is 2.41. The second-order valence-corrected chi connectivity index (χ2v) is 11.0. The lowest BCUT2D eigenvalue weighted by molar-refractivity contribution is 0.250. The van der Waals surface area contributed by atoms with E-state index in [1.807, 2.05) is 77.8 Å². The second kappa shape index (κ2) is 13.7. The monoisotopic (exact) mass is 552 g/mol. The van der Waals surface area contributed by atoms with Crippen molar-refractivity contribution in [2.75, 3.05) is 61.6 Å². The fraction of sp³-hybridized carbons (Fsp3) is 0.469. The van der Waals surface area contributed by atoms with Crippen LogP contribution in [0.4, 0.5) is 0 Å². The summed E-state index contributed by atoms with van der Waals surface area (Å²) < 4.78 is 24.3. The maximum absolute atomic E-state index is 14.2. The number of aromatic hydroxyl groups is 1. The molecule has 8 nitrogen and oxygen atoms in total. The van der Waals surface area contributed by atoms with E-state index in [9.17, 15) is 9.90 Å². The Morgan fingerprint density at radius 1 is 0.825 bits per heavy atom. The van der Waals surface area contributed by atoms with E-state index in [0.717, 1.165) is 11.1 Å². The van der Waals surface area contributed by atoms with Crippen molar-refractivity contribution < 1.29 is 23.7 Å². The van der Waals surface area contributed by atoms with Crippen LogP contribution < -0.4 is 19.6 Å². The third kappa shape index (κ3) is 7.37. The predicted molar refractivity (Wildman–Crippen MR) is 163 cm³/mol. The topological polar surface area (TPSA) is 84.6 Å². The smallest absolute Gasteiger partial charge is 0.204 e. The zero-order chi connectivity index (χ0) is 29.6. The van der Waals surface area contributed by atoms with Crippen LogP contribution in [0.5, 0.6) is 23.0 Å². The summed E-state index contributed by atoms with van der Waals surface area (Å²) in [6.07, 6.45) is 4.90. The van der Waals surface area contributed by atoms with Gasteiger partial charge in [0.25, 0.3) is 0 Å². The van der Waals surface area contributed by atoms with Crippen molar-refractivity contribution in [3.63, 3.8) is 0 Å². The molecule has 0 aliphatic rings. The minimum absolute atomic E-state index is 0.121. The lowest BCUT2D eigenvalue weighted by atomic mass is 9.98. The van der Waals surface area contributed by atoms with E-state index in [1.54, 1.807) is 19.2 Å². The van der Waals surface area contributed by atoms with Crippen LogP contribution in [-0.4, -0.2) is 76.5 Å². The lowest BCUT2D eigenvalue weighted by Gasteiger charge is -2.19. The molecule has 0 saturated carbocycles. The summed E-state index contributed by atoms with van der Waals surface area (Å²) in [6, 6.07) is 3.42. The van der Waals surface area contributed by atoms with E-state index in [2.05, 4.69) is 0 Å². The zero-order valence-electron chi connectivity index (χ0n) is 25.4. The third-order valence-electron chi connectivity index (χ3n) is 6.54. The van der Waals surface area contributed by atoms with Gasteiger partial charge in [-0.2, -0.15) is 0 Å². The van der Waals surface area contributed by atoms with Crippen molar-refractivity contribution in [2.24, 2.45) is 0 Å². The summed E-state index contributed by atoms with van der Waals surface area (Å²) in [4.78, 5) is 18.2. The Morgan fingerprint density at radius 3 is 1.85 bits per heavy atom. The normalized spacial score (nSPS) is 11.4. The minimum atomic E-state index is -0.317. The highest BCUT2D eigenvalue weighted by Gasteiger charge is 2.24. The van der Waals surface area contributed by atoms with Gasteiger partial charge < -0.3 is 33.5 Å². The summed E-state index contributed by atoms with van der Waals surface area (Å²) in [5.74, 6) is 1.36. The molecule has 0 fully saturated rings. The Morgan fingerprint density at radius 2 is 1.32 bits per heavy atom. The van der Waals surface area contributed by atoms with Crippen molar-refractivity contribution in [1.29, 1.82) is 0 Å². The van der Waals surface area contributed by atoms with E-state index in [4.69, 9.17) is 18.6 Å². The first-order chi connectivity index (χ1) is 18.9. The largest absolute Gasteiger partial charge is 0.507 e. The van der Waals surface area contributed by atoms with Gasteiger partial charge in [0.2, 0.25) is 5.43 Å². The molecule has 0 radical (unpaired) electrons. The molecule has 1 heterocycles. The van der Waals surface area contributed by atoms with E-state index < -0.39 is 0 Å². The molecule has 0 spiro atoms. The summed E-state index contributed by atoms with van der Waals surface area (Å²) in [6.45, 7) is 10.3. The number of nitrogens with zero attached hydrogens (tertiary/aromatic N) is 2. The van der Waals surface area contributed by atoms with Crippen molar-refractivity contribution in [2.45, 2.75) is 40.5 Å². The molecule has 1 aromatic heterocycles. The van der Waals surface area contributed by atoms with Crippen LogP contribution in [-0.2, 0) is 12.8 Å². The molecule has 0 aliphatic heterocycles. The number of phenolic OH excluding ortho intramolecular Hbond substituents is 1. The van der Waals surface area contributed by atoms with Crippen LogP contribution in [0, 0.1) is 0 Å². The number of allylic oxidation sites excluding steroid dienone is 4. The van der Waals surface area contributed by atoms with Crippen LogP contribution in [0.3, 0.4) is 0 Å².